The van der Waals surface area contributed by atoms with Crippen molar-refractivity contribution in [3.05, 3.63) is 75.6 Å². The number of guanidine groups is 1. The molecule has 2 heterocycles. The normalized spacial score (nSPS) is 16.0. The molecule has 9 N–H and O–H groups in total. The molecule has 1 fully saturated rings. The summed E-state index contributed by atoms with van der Waals surface area (Å²) in [6, 6.07) is 11.7. The average Bonchev–Trinajstić information content (AvgIpc) is 3.52. The van der Waals surface area contributed by atoms with E-state index < -0.39 is 29.4 Å². The van der Waals surface area contributed by atoms with E-state index in [0.717, 1.165) is 18.5 Å². The fourth-order valence-corrected chi connectivity index (χ4v) is 5.05. The maximum atomic E-state index is 14.0. The van der Waals surface area contributed by atoms with E-state index in [1.807, 2.05) is 30.3 Å². The first-order valence-corrected chi connectivity index (χ1v) is 13.9. The predicted molar refractivity (Wildman–Crippen MR) is 161 cm³/mol. The van der Waals surface area contributed by atoms with Crippen molar-refractivity contribution in [2.24, 2.45) is 16.5 Å². The number of hydrogen-bond acceptors (Lipinski definition) is 8. The Bertz CT molecular complexity index is 1530. The van der Waals surface area contributed by atoms with Gasteiger partial charge in [0.2, 0.25) is 11.8 Å². The van der Waals surface area contributed by atoms with Crippen molar-refractivity contribution in [1.82, 2.24) is 16.0 Å². The van der Waals surface area contributed by atoms with Crippen molar-refractivity contribution in [2.75, 3.05) is 18.8 Å². The second kappa shape index (κ2) is 13.8. The fourth-order valence-electron chi connectivity index (χ4n) is 5.05. The molecule has 1 aliphatic rings. The van der Waals surface area contributed by atoms with E-state index in [4.69, 9.17) is 21.6 Å². The van der Waals surface area contributed by atoms with Crippen LogP contribution in [0.3, 0.4) is 0 Å². The lowest BCUT2D eigenvalue weighted by Crippen LogP contribution is -2.55. The molecule has 222 valence electrons. The van der Waals surface area contributed by atoms with E-state index in [1.54, 1.807) is 18.2 Å². The summed E-state index contributed by atoms with van der Waals surface area (Å²) in [5, 5.41) is 9.18. The topological polar surface area (TPSA) is 208 Å². The minimum absolute atomic E-state index is 0.0830. The number of fused-ring (bicyclic) bond motifs is 1. The number of rotatable bonds is 12. The second-order valence-corrected chi connectivity index (χ2v) is 10.4. The van der Waals surface area contributed by atoms with Gasteiger partial charge in [0.25, 0.3) is 0 Å². The lowest BCUT2D eigenvalue weighted by atomic mass is 9.95. The average molecular weight is 576 g/mol. The first-order chi connectivity index (χ1) is 20.2. The summed E-state index contributed by atoms with van der Waals surface area (Å²) in [6.07, 6.45) is 2.35. The highest BCUT2D eigenvalue weighted by Gasteiger charge is 2.31. The summed E-state index contributed by atoms with van der Waals surface area (Å²) in [4.78, 5) is 56.9. The number of anilines is 1. The van der Waals surface area contributed by atoms with Crippen LogP contribution in [0.1, 0.15) is 47.2 Å². The monoisotopic (exact) mass is 575 g/mol. The lowest BCUT2D eigenvalue weighted by molar-refractivity contribution is -0.130. The molecule has 2 amide bonds. The van der Waals surface area contributed by atoms with Crippen LogP contribution in [-0.4, -0.2) is 54.8 Å². The summed E-state index contributed by atoms with van der Waals surface area (Å²) in [5.41, 5.74) is 18.1. The third-order valence-electron chi connectivity index (χ3n) is 7.34. The van der Waals surface area contributed by atoms with Gasteiger partial charge in [0.05, 0.1) is 28.7 Å². The van der Waals surface area contributed by atoms with E-state index >= 15 is 0 Å². The third-order valence-corrected chi connectivity index (χ3v) is 7.34. The Balaban J connectivity index is 1.64. The number of nitrogens with one attached hydrogen (secondary N) is 3. The number of carbonyl (C=O) groups is 3. The summed E-state index contributed by atoms with van der Waals surface area (Å²) < 4.78 is 5.37. The van der Waals surface area contributed by atoms with Crippen molar-refractivity contribution in [3.63, 3.8) is 0 Å². The molecule has 0 saturated carbocycles. The Kier molecular flexibility index (Phi) is 9.92. The van der Waals surface area contributed by atoms with Gasteiger partial charge in [-0.1, -0.05) is 42.5 Å². The van der Waals surface area contributed by atoms with Gasteiger partial charge >= 0.3 is 5.63 Å². The molecule has 3 atom stereocenters. The Labute approximate surface area is 243 Å². The van der Waals surface area contributed by atoms with Gasteiger partial charge in [-0.2, -0.15) is 0 Å². The SMILES string of the molecule is Cc1c(N)c2c(C(=O)[C@H](CCCN=C(N)N)NC(=O)[C@H](Cc3ccccc3)NC(=O)[C@@H]3CCCN3)cccc2oc1=O. The van der Waals surface area contributed by atoms with Gasteiger partial charge in [-0.3, -0.25) is 19.4 Å². The molecule has 4 rings (SSSR count). The van der Waals surface area contributed by atoms with Crippen LogP contribution in [0.4, 0.5) is 5.69 Å². The summed E-state index contributed by atoms with van der Waals surface area (Å²) in [6.45, 7) is 2.49. The van der Waals surface area contributed by atoms with E-state index in [-0.39, 0.29) is 59.7 Å². The van der Waals surface area contributed by atoms with Crippen LogP contribution in [0.15, 0.2) is 62.7 Å². The molecule has 2 aromatic carbocycles. The van der Waals surface area contributed by atoms with Crippen molar-refractivity contribution in [1.29, 1.82) is 0 Å². The molecule has 3 aromatic rings. The molecular formula is C30H37N7O5. The first-order valence-electron chi connectivity index (χ1n) is 13.9. The predicted octanol–water partition coefficient (Wildman–Crippen LogP) is 0.884. The minimum Gasteiger partial charge on any atom is -0.422 e. The van der Waals surface area contributed by atoms with E-state index in [9.17, 15) is 19.2 Å². The van der Waals surface area contributed by atoms with Gasteiger partial charge in [-0.05, 0) is 50.8 Å². The number of Topliss-reactive ketones (excluding diaryl/α,β-unsaturated/α-hetero) is 1. The van der Waals surface area contributed by atoms with Crippen molar-refractivity contribution < 1.29 is 18.8 Å². The first kappa shape index (κ1) is 30.3. The Morgan fingerprint density at radius 3 is 2.52 bits per heavy atom. The Hall–Kier alpha value is -4.71. The van der Waals surface area contributed by atoms with Crippen molar-refractivity contribution in [2.45, 2.75) is 57.2 Å². The van der Waals surface area contributed by atoms with Gasteiger partial charge in [0.1, 0.15) is 11.6 Å². The highest BCUT2D eigenvalue weighted by atomic mass is 16.4. The Morgan fingerprint density at radius 2 is 1.83 bits per heavy atom. The molecule has 0 bridgehead atoms. The number of nitrogens with zero attached hydrogens (tertiary/aromatic N) is 1. The van der Waals surface area contributed by atoms with E-state index in [1.165, 1.54) is 6.92 Å². The second-order valence-electron chi connectivity index (χ2n) is 10.4. The molecule has 1 saturated heterocycles. The molecule has 0 unspecified atom stereocenters. The van der Waals surface area contributed by atoms with Gasteiger partial charge < -0.3 is 37.6 Å². The maximum absolute atomic E-state index is 14.0. The van der Waals surface area contributed by atoms with E-state index in [0.29, 0.717) is 18.2 Å². The van der Waals surface area contributed by atoms with E-state index in [2.05, 4.69) is 20.9 Å². The molecule has 0 spiro atoms. The van der Waals surface area contributed by atoms with Crippen LogP contribution < -0.4 is 38.8 Å². The van der Waals surface area contributed by atoms with Gasteiger partial charge in [-0.15, -0.1) is 0 Å². The van der Waals surface area contributed by atoms with Gasteiger partial charge in [-0.25, -0.2) is 4.79 Å². The maximum Gasteiger partial charge on any atom is 0.341 e. The number of aliphatic imine (C=N–C) groups is 1. The van der Waals surface area contributed by atoms with Crippen LogP contribution >= 0.6 is 0 Å². The zero-order chi connectivity index (χ0) is 30.2. The molecule has 12 nitrogen and oxygen atoms in total. The van der Waals surface area contributed by atoms with Gasteiger partial charge in [0.15, 0.2) is 11.7 Å². The van der Waals surface area contributed by atoms with Gasteiger partial charge in [0, 0.05) is 18.5 Å². The number of hydrogen-bond donors (Lipinski definition) is 6. The number of ketones is 1. The smallest absolute Gasteiger partial charge is 0.341 e. The van der Waals surface area contributed by atoms with Crippen LogP contribution in [0.5, 0.6) is 0 Å². The standard InChI is InChI=1S/C30H37N7O5/c1-17-25(31)24-19(10-5-13-23(24)42-29(17)41)26(38)20(11-6-15-35-30(32)33)36-28(40)22(16-18-8-3-2-4-9-18)37-27(39)21-12-7-14-34-21/h2-5,8-10,13,20-22,34H,6-7,11-12,14-16,31H2,1H3,(H,36,40)(H,37,39)(H4,32,33,35)/t20-,21-,22-/m0/s1. The number of carbonyl (C=O) groups excluding carboxylic acids is 3. The fraction of sp³-hybridized carbons (Fsp3) is 0.367. The minimum atomic E-state index is -1.01. The molecule has 0 aliphatic carbocycles. The largest absolute Gasteiger partial charge is 0.422 e. The summed E-state index contributed by atoms with van der Waals surface area (Å²) >= 11 is 0. The molecular weight excluding hydrogens is 538 g/mol. The van der Waals surface area contributed by atoms with Crippen LogP contribution in [0.25, 0.3) is 11.0 Å². The molecule has 1 aromatic heterocycles. The van der Waals surface area contributed by atoms with Crippen molar-refractivity contribution in [3.8, 4) is 0 Å². The quantitative estimate of drug-likeness (QED) is 0.0595. The van der Waals surface area contributed by atoms with Crippen LogP contribution in [0, 0.1) is 6.92 Å². The van der Waals surface area contributed by atoms with Crippen molar-refractivity contribution >= 4 is 40.2 Å². The lowest BCUT2D eigenvalue weighted by Gasteiger charge is -2.24. The molecule has 42 heavy (non-hydrogen) atoms. The Morgan fingerprint density at radius 1 is 1.07 bits per heavy atom. The third kappa shape index (κ3) is 7.32. The summed E-state index contributed by atoms with van der Waals surface area (Å²) in [7, 11) is 0. The number of nitrogen functional groups attached to an aromatic ring is 1. The molecule has 1 aliphatic heterocycles. The zero-order valence-corrected chi connectivity index (χ0v) is 23.5. The number of benzene rings is 2. The van der Waals surface area contributed by atoms with Crippen LogP contribution in [-0.2, 0) is 16.0 Å². The highest BCUT2D eigenvalue weighted by Crippen LogP contribution is 2.27. The zero-order valence-electron chi connectivity index (χ0n) is 23.5. The molecule has 12 heteroatoms. The molecule has 0 radical (unpaired) electrons. The summed E-state index contributed by atoms with van der Waals surface area (Å²) in [5.74, 6) is -1.30. The highest BCUT2D eigenvalue weighted by molar-refractivity contribution is 6.14. The number of amides is 2. The number of nitrogens with two attached hydrogens (primary N) is 3. The van der Waals surface area contributed by atoms with Crippen LogP contribution in [0.2, 0.25) is 0 Å².